The number of nitrogens with one attached hydrogen (secondary N) is 2. The third-order valence-electron chi connectivity index (χ3n) is 2.06. The Morgan fingerprint density at radius 1 is 1.39 bits per heavy atom. The summed E-state index contributed by atoms with van der Waals surface area (Å²) in [6.07, 6.45) is 0.726. The lowest BCUT2D eigenvalue weighted by molar-refractivity contribution is -0.123. The standard InChI is InChI=1S/C12H14Cl2N2O2/c1-3-8(2)15-16-12(17)7-18-11-5-4-9(13)6-10(11)14/h4-6,15H,2-3,7H2,1H3,(H,16,17). The number of benzene rings is 1. The number of rotatable bonds is 6. The molecule has 0 aliphatic heterocycles. The highest BCUT2D eigenvalue weighted by atomic mass is 35.5. The summed E-state index contributed by atoms with van der Waals surface area (Å²) in [5.74, 6) is 0.0844. The van der Waals surface area contributed by atoms with Crippen molar-refractivity contribution in [3.05, 3.63) is 40.5 Å². The van der Waals surface area contributed by atoms with E-state index in [-0.39, 0.29) is 12.5 Å². The molecule has 0 bridgehead atoms. The van der Waals surface area contributed by atoms with Gasteiger partial charge in [-0.15, -0.1) is 0 Å². The molecule has 1 aromatic carbocycles. The van der Waals surface area contributed by atoms with E-state index in [0.717, 1.165) is 6.42 Å². The molecule has 0 spiro atoms. The van der Waals surface area contributed by atoms with Crippen LogP contribution in [0, 0.1) is 0 Å². The van der Waals surface area contributed by atoms with E-state index in [1.807, 2.05) is 6.92 Å². The average molecular weight is 289 g/mol. The summed E-state index contributed by atoms with van der Waals surface area (Å²) in [5.41, 5.74) is 5.83. The molecule has 1 amide bonds. The lowest BCUT2D eigenvalue weighted by Crippen LogP contribution is -2.39. The Labute approximate surface area is 116 Å². The Morgan fingerprint density at radius 3 is 2.72 bits per heavy atom. The molecule has 2 N–H and O–H groups in total. The lowest BCUT2D eigenvalue weighted by atomic mass is 10.3. The SMILES string of the molecule is C=C(CC)NNC(=O)COc1ccc(Cl)cc1Cl. The molecule has 0 saturated heterocycles. The van der Waals surface area contributed by atoms with Crippen LogP contribution < -0.4 is 15.6 Å². The van der Waals surface area contributed by atoms with Crippen molar-refractivity contribution in [3.63, 3.8) is 0 Å². The van der Waals surface area contributed by atoms with Crippen LogP contribution in [0.1, 0.15) is 13.3 Å². The fourth-order valence-electron chi connectivity index (χ4n) is 1.02. The van der Waals surface area contributed by atoms with Crippen molar-refractivity contribution in [2.45, 2.75) is 13.3 Å². The molecule has 1 rings (SSSR count). The topological polar surface area (TPSA) is 50.4 Å². The highest BCUT2D eigenvalue weighted by Gasteiger charge is 2.06. The van der Waals surface area contributed by atoms with E-state index in [2.05, 4.69) is 17.4 Å². The Bertz CT molecular complexity index is 450. The summed E-state index contributed by atoms with van der Waals surface area (Å²) in [6.45, 7) is 5.46. The van der Waals surface area contributed by atoms with E-state index in [0.29, 0.717) is 21.5 Å². The van der Waals surface area contributed by atoms with Crippen molar-refractivity contribution in [2.75, 3.05) is 6.61 Å². The maximum atomic E-state index is 11.4. The molecule has 6 heteroatoms. The Kier molecular flexibility index (Phi) is 5.82. The number of allylic oxidation sites excluding steroid dienone is 1. The van der Waals surface area contributed by atoms with Crippen molar-refractivity contribution in [2.24, 2.45) is 0 Å². The molecule has 4 nitrogen and oxygen atoms in total. The van der Waals surface area contributed by atoms with Crippen molar-refractivity contribution >= 4 is 29.1 Å². The number of halogens is 2. The summed E-state index contributed by atoms with van der Waals surface area (Å²) in [6, 6.07) is 4.79. The zero-order valence-electron chi connectivity index (χ0n) is 9.93. The first-order chi connectivity index (χ1) is 8.52. The van der Waals surface area contributed by atoms with Gasteiger partial charge in [0, 0.05) is 10.7 Å². The predicted octanol–water partition coefficient (Wildman–Crippen LogP) is 2.92. The third-order valence-corrected chi connectivity index (χ3v) is 2.59. The van der Waals surface area contributed by atoms with Crippen LogP contribution in [0.2, 0.25) is 10.0 Å². The van der Waals surface area contributed by atoms with Crippen LogP contribution in [0.3, 0.4) is 0 Å². The quantitative estimate of drug-likeness (QED) is 0.792. The molecule has 0 aromatic heterocycles. The van der Waals surface area contributed by atoms with Crippen molar-refractivity contribution in [3.8, 4) is 5.75 Å². The minimum Gasteiger partial charge on any atom is -0.482 e. The number of carbonyl (C=O) groups excluding carboxylic acids is 1. The minimum absolute atomic E-state index is 0.147. The number of hydrazine groups is 1. The first-order valence-electron chi connectivity index (χ1n) is 5.33. The fourth-order valence-corrected chi connectivity index (χ4v) is 1.48. The van der Waals surface area contributed by atoms with Crippen molar-refractivity contribution in [1.82, 2.24) is 10.9 Å². The molecule has 0 unspecified atom stereocenters. The third kappa shape index (κ3) is 4.85. The van der Waals surface area contributed by atoms with Crippen molar-refractivity contribution in [1.29, 1.82) is 0 Å². The monoisotopic (exact) mass is 288 g/mol. The van der Waals surface area contributed by atoms with Gasteiger partial charge in [0.15, 0.2) is 6.61 Å². The molecule has 0 aliphatic rings. The van der Waals surface area contributed by atoms with Crippen molar-refractivity contribution < 1.29 is 9.53 Å². The predicted molar refractivity (Wildman–Crippen MR) is 72.7 cm³/mol. The van der Waals surface area contributed by atoms with Crippen LogP contribution in [0.5, 0.6) is 5.75 Å². The first-order valence-corrected chi connectivity index (χ1v) is 6.09. The minimum atomic E-state index is -0.324. The molecule has 0 saturated carbocycles. The van der Waals surface area contributed by atoms with Crippen LogP contribution in [0.15, 0.2) is 30.5 Å². The number of ether oxygens (including phenoxy) is 1. The van der Waals surface area contributed by atoms with E-state index in [1.54, 1.807) is 18.2 Å². The maximum absolute atomic E-state index is 11.4. The molecule has 18 heavy (non-hydrogen) atoms. The van der Waals surface area contributed by atoms with E-state index in [1.165, 1.54) is 0 Å². The maximum Gasteiger partial charge on any atom is 0.276 e. The Morgan fingerprint density at radius 2 is 2.11 bits per heavy atom. The van der Waals surface area contributed by atoms with Crippen LogP contribution >= 0.6 is 23.2 Å². The van der Waals surface area contributed by atoms with Crippen LogP contribution in [-0.4, -0.2) is 12.5 Å². The van der Waals surface area contributed by atoms with Crippen LogP contribution in [-0.2, 0) is 4.79 Å². The van der Waals surface area contributed by atoms with E-state index >= 15 is 0 Å². The molecule has 98 valence electrons. The Hall–Kier alpha value is -1.39. The molecule has 0 heterocycles. The average Bonchev–Trinajstić information content (AvgIpc) is 2.34. The van der Waals surface area contributed by atoms with E-state index < -0.39 is 0 Å². The summed E-state index contributed by atoms with van der Waals surface area (Å²) in [4.78, 5) is 11.4. The highest BCUT2D eigenvalue weighted by Crippen LogP contribution is 2.27. The molecule has 0 fully saturated rings. The van der Waals surface area contributed by atoms with Gasteiger partial charge in [0.2, 0.25) is 0 Å². The van der Waals surface area contributed by atoms with Crippen LogP contribution in [0.25, 0.3) is 0 Å². The van der Waals surface area contributed by atoms with Gasteiger partial charge >= 0.3 is 0 Å². The second-order valence-corrected chi connectivity index (χ2v) is 4.34. The zero-order valence-corrected chi connectivity index (χ0v) is 11.4. The van der Waals surface area contributed by atoms with Gasteiger partial charge in [-0.25, -0.2) is 0 Å². The van der Waals surface area contributed by atoms with E-state index in [4.69, 9.17) is 27.9 Å². The van der Waals surface area contributed by atoms with Gasteiger partial charge in [-0.05, 0) is 24.6 Å². The van der Waals surface area contributed by atoms with Gasteiger partial charge in [-0.2, -0.15) is 0 Å². The summed E-state index contributed by atoms with van der Waals surface area (Å²) in [7, 11) is 0. The highest BCUT2D eigenvalue weighted by molar-refractivity contribution is 6.35. The largest absolute Gasteiger partial charge is 0.482 e. The molecular weight excluding hydrogens is 275 g/mol. The van der Waals surface area contributed by atoms with Gasteiger partial charge in [-0.1, -0.05) is 36.7 Å². The molecule has 0 atom stereocenters. The molecule has 0 aliphatic carbocycles. The number of hydrogen-bond donors (Lipinski definition) is 2. The molecule has 1 aromatic rings. The summed E-state index contributed by atoms with van der Waals surface area (Å²) in [5, 5.41) is 0.874. The zero-order chi connectivity index (χ0) is 13.5. The normalized spacial score (nSPS) is 9.72. The number of hydrogen-bond acceptors (Lipinski definition) is 3. The first kappa shape index (κ1) is 14.7. The Balaban J connectivity index is 2.40. The summed E-state index contributed by atoms with van der Waals surface area (Å²) < 4.78 is 5.25. The van der Waals surface area contributed by atoms with Gasteiger partial charge < -0.3 is 10.2 Å². The number of carbonyl (C=O) groups is 1. The van der Waals surface area contributed by atoms with Gasteiger partial charge in [0.1, 0.15) is 5.75 Å². The van der Waals surface area contributed by atoms with Gasteiger partial charge in [0.25, 0.3) is 5.91 Å². The van der Waals surface area contributed by atoms with E-state index in [9.17, 15) is 4.79 Å². The van der Waals surface area contributed by atoms with Gasteiger partial charge in [-0.3, -0.25) is 10.2 Å². The summed E-state index contributed by atoms with van der Waals surface area (Å²) >= 11 is 11.6. The number of amides is 1. The second-order valence-electron chi connectivity index (χ2n) is 3.49. The fraction of sp³-hybridized carbons (Fsp3) is 0.250. The van der Waals surface area contributed by atoms with Crippen LogP contribution in [0.4, 0.5) is 0 Å². The molecule has 0 radical (unpaired) electrons. The smallest absolute Gasteiger partial charge is 0.276 e. The van der Waals surface area contributed by atoms with Gasteiger partial charge in [0.05, 0.1) is 5.02 Å². The molecular formula is C12H14Cl2N2O2. The second kappa shape index (κ2) is 7.13. The lowest BCUT2D eigenvalue weighted by Gasteiger charge is -2.11.